The standard InChI is InChI=1S/C23H27N3O8.H2O/c27-17-5-3-12(10-19(17)29)8-15(25-21(31)14-2-1-7-24-14)22(32)26-16(23(33)34)9-13-4-6-18(28)20(30)11-13;/h3-6,10-11,14-16,24,27-30H,1-2,7-9H2,(H,25,31)(H,26,32)(H,33,34);1H2/t14-,15-,16-;/m0./s1. The van der Waals surface area contributed by atoms with Crippen molar-refractivity contribution >= 4 is 17.8 Å². The lowest BCUT2D eigenvalue weighted by molar-refractivity contribution is -0.142. The molecule has 190 valence electrons. The van der Waals surface area contributed by atoms with Crippen LogP contribution in [0, 0.1) is 0 Å². The number of carboxylic acids is 1. The summed E-state index contributed by atoms with van der Waals surface area (Å²) in [5, 5.41) is 56.1. The molecule has 0 spiro atoms. The number of benzene rings is 2. The molecule has 0 saturated carbocycles. The molecule has 1 aliphatic heterocycles. The van der Waals surface area contributed by atoms with Gasteiger partial charge >= 0.3 is 5.97 Å². The molecule has 1 fully saturated rings. The van der Waals surface area contributed by atoms with Crippen molar-refractivity contribution in [2.45, 2.75) is 43.8 Å². The van der Waals surface area contributed by atoms with E-state index in [-0.39, 0.29) is 29.8 Å². The first-order valence-electron chi connectivity index (χ1n) is 10.7. The van der Waals surface area contributed by atoms with E-state index in [1.807, 2.05) is 0 Å². The molecular weight excluding hydrogens is 462 g/mol. The van der Waals surface area contributed by atoms with Crippen LogP contribution in [-0.4, -0.2) is 73.5 Å². The Kier molecular flexibility index (Phi) is 9.26. The summed E-state index contributed by atoms with van der Waals surface area (Å²) in [5.74, 6) is -4.01. The van der Waals surface area contributed by atoms with Crippen molar-refractivity contribution in [2.75, 3.05) is 6.54 Å². The lowest BCUT2D eigenvalue weighted by atomic mass is 10.0. The molecule has 0 radical (unpaired) electrons. The maximum Gasteiger partial charge on any atom is 0.326 e. The number of carboxylic acid groups (broad SMARTS) is 1. The Balaban J connectivity index is 0.00000432. The third-order valence-electron chi connectivity index (χ3n) is 5.58. The highest BCUT2D eigenvalue weighted by atomic mass is 16.4. The number of nitrogens with one attached hydrogen (secondary N) is 3. The smallest absolute Gasteiger partial charge is 0.326 e. The van der Waals surface area contributed by atoms with E-state index < -0.39 is 47.4 Å². The minimum atomic E-state index is -1.38. The molecule has 0 aliphatic carbocycles. The van der Waals surface area contributed by atoms with Crippen LogP contribution in [0.4, 0.5) is 0 Å². The highest BCUT2D eigenvalue weighted by Gasteiger charge is 2.30. The second-order valence-corrected chi connectivity index (χ2v) is 8.16. The first-order valence-corrected chi connectivity index (χ1v) is 10.7. The molecule has 2 aromatic carbocycles. The number of carbonyl (C=O) groups excluding carboxylic acids is 2. The number of hydrogen-bond acceptors (Lipinski definition) is 8. The third-order valence-corrected chi connectivity index (χ3v) is 5.58. The molecular formula is C23H29N3O9. The fourth-order valence-electron chi connectivity index (χ4n) is 3.73. The molecule has 35 heavy (non-hydrogen) atoms. The van der Waals surface area contributed by atoms with Gasteiger partial charge in [0, 0.05) is 12.8 Å². The number of phenolic OH excluding ortho intramolecular Hbond substituents is 4. The average molecular weight is 491 g/mol. The Morgan fingerprint density at radius 2 is 1.40 bits per heavy atom. The van der Waals surface area contributed by atoms with Crippen LogP contribution in [0.15, 0.2) is 36.4 Å². The summed E-state index contributed by atoms with van der Waals surface area (Å²) >= 11 is 0. The molecule has 1 aliphatic rings. The third kappa shape index (κ3) is 7.22. The lowest BCUT2D eigenvalue weighted by Gasteiger charge is -2.23. The molecule has 12 nitrogen and oxygen atoms in total. The van der Waals surface area contributed by atoms with Crippen LogP contribution in [0.25, 0.3) is 0 Å². The van der Waals surface area contributed by atoms with Gasteiger partial charge in [-0.05, 0) is 54.8 Å². The van der Waals surface area contributed by atoms with Gasteiger partial charge in [0.2, 0.25) is 11.8 Å². The SMILES string of the molecule is O.O=C(O)[C@H](Cc1ccc(O)c(O)c1)NC(=O)[C@H](Cc1ccc(O)c(O)c1)NC(=O)[C@@H]1CCCN1. The Morgan fingerprint density at radius 3 is 1.86 bits per heavy atom. The van der Waals surface area contributed by atoms with Crippen molar-refractivity contribution < 1.29 is 45.4 Å². The van der Waals surface area contributed by atoms with Crippen molar-refractivity contribution in [1.82, 2.24) is 16.0 Å². The van der Waals surface area contributed by atoms with Gasteiger partial charge in [-0.15, -0.1) is 0 Å². The molecule has 0 unspecified atom stereocenters. The normalized spacial score (nSPS) is 16.5. The van der Waals surface area contributed by atoms with Crippen LogP contribution in [-0.2, 0) is 27.2 Å². The highest BCUT2D eigenvalue weighted by Crippen LogP contribution is 2.26. The van der Waals surface area contributed by atoms with Crippen molar-refractivity contribution in [3.8, 4) is 23.0 Å². The molecule has 10 N–H and O–H groups in total. The summed E-state index contributed by atoms with van der Waals surface area (Å²) in [6.07, 6.45) is 1.16. The zero-order valence-electron chi connectivity index (χ0n) is 18.7. The fraction of sp³-hybridized carbons (Fsp3) is 0.348. The Labute approximate surface area is 200 Å². The van der Waals surface area contributed by atoms with E-state index in [4.69, 9.17) is 0 Å². The van der Waals surface area contributed by atoms with Gasteiger partial charge in [-0.3, -0.25) is 9.59 Å². The van der Waals surface area contributed by atoms with Crippen LogP contribution < -0.4 is 16.0 Å². The first-order chi connectivity index (χ1) is 16.1. The zero-order chi connectivity index (χ0) is 24.8. The van der Waals surface area contributed by atoms with Crippen LogP contribution in [0.1, 0.15) is 24.0 Å². The Hall–Kier alpha value is -4.03. The summed E-state index contributed by atoms with van der Waals surface area (Å²) in [6.45, 7) is 0.668. The molecule has 1 heterocycles. The zero-order valence-corrected chi connectivity index (χ0v) is 18.7. The minimum Gasteiger partial charge on any atom is -0.504 e. The molecule has 3 atom stereocenters. The van der Waals surface area contributed by atoms with Crippen LogP contribution in [0.3, 0.4) is 0 Å². The van der Waals surface area contributed by atoms with Gasteiger partial charge < -0.3 is 47.0 Å². The monoisotopic (exact) mass is 491 g/mol. The van der Waals surface area contributed by atoms with Gasteiger partial charge in [0.25, 0.3) is 0 Å². The molecule has 2 amide bonds. The average Bonchev–Trinajstić information content (AvgIpc) is 3.33. The lowest BCUT2D eigenvalue weighted by Crippen LogP contribution is -2.55. The second kappa shape index (κ2) is 11.9. The molecule has 0 bridgehead atoms. The van der Waals surface area contributed by atoms with Gasteiger partial charge in [0.1, 0.15) is 12.1 Å². The maximum atomic E-state index is 13.1. The van der Waals surface area contributed by atoms with Gasteiger partial charge in [-0.2, -0.15) is 0 Å². The molecule has 3 rings (SSSR count). The van der Waals surface area contributed by atoms with Crippen molar-refractivity contribution in [3.05, 3.63) is 47.5 Å². The molecule has 1 saturated heterocycles. The van der Waals surface area contributed by atoms with E-state index in [0.717, 1.165) is 6.42 Å². The van der Waals surface area contributed by atoms with Gasteiger partial charge in [0.15, 0.2) is 23.0 Å². The van der Waals surface area contributed by atoms with E-state index in [0.29, 0.717) is 24.1 Å². The van der Waals surface area contributed by atoms with Gasteiger partial charge in [-0.1, -0.05) is 12.1 Å². The molecule has 2 aromatic rings. The number of hydrogen-bond donors (Lipinski definition) is 8. The van der Waals surface area contributed by atoms with E-state index >= 15 is 0 Å². The van der Waals surface area contributed by atoms with E-state index in [1.54, 1.807) is 0 Å². The summed E-state index contributed by atoms with van der Waals surface area (Å²) in [5.41, 5.74) is 0.799. The number of aliphatic carboxylic acids is 1. The van der Waals surface area contributed by atoms with Crippen LogP contribution in [0.2, 0.25) is 0 Å². The van der Waals surface area contributed by atoms with E-state index in [2.05, 4.69) is 16.0 Å². The van der Waals surface area contributed by atoms with E-state index in [1.165, 1.54) is 36.4 Å². The number of amides is 2. The van der Waals surface area contributed by atoms with Gasteiger partial charge in [-0.25, -0.2) is 4.79 Å². The summed E-state index contributed by atoms with van der Waals surface area (Å²) in [6, 6.07) is 4.79. The maximum absolute atomic E-state index is 13.1. The molecule has 12 heteroatoms. The minimum absolute atomic E-state index is 0. The summed E-state index contributed by atoms with van der Waals surface area (Å²) in [7, 11) is 0. The highest BCUT2D eigenvalue weighted by molar-refractivity contribution is 5.92. The van der Waals surface area contributed by atoms with E-state index in [9.17, 15) is 39.9 Å². The van der Waals surface area contributed by atoms with Crippen molar-refractivity contribution in [1.29, 1.82) is 0 Å². The summed E-state index contributed by atoms with van der Waals surface area (Å²) < 4.78 is 0. The van der Waals surface area contributed by atoms with Crippen molar-refractivity contribution in [3.63, 3.8) is 0 Å². The number of phenols is 4. The molecule has 0 aromatic heterocycles. The van der Waals surface area contributed by atoms with Crippen LogP contribution in [0.5, 0.6) is 23.0 Å². The number of rotatable bonds is 9. The predicted octanol–water partition coefficient (Wildman–Crippen LogP) is -0.724. The predicted molar refractivity (Wildman–Crippen MR) is 123 cm³/mol. The van der Waals surface area contributed by atoms with Gasteiger partial charge in [0.05, 0.1) is 6.04 Å². The number of carbonyl (C=O) groups is 3. The first kappa shape index (κ1) is 27.2. The van der Waals surface area contributed by atoms with Crippen molar-refractivity contribution in [2.24, 2.45) is 0 Å². The number of aromatic hydroxyl groups is 4. The van der Waals surface area contributed by atoms with Crippen LogP contribution >= 0.6 is 0 Å². The topological polar surface area (TPSA) is 220 Å². The Bertz CT molecular complexity index is 1070. The second-order valence-electron chi connectivity index (χ2n) is 8.16. The fourth-order valence-corrected chi connectivity index (χ4v) is 3.73. The largest absolute Gasteiger partial charge is 0.504 e. The Morgan fingerprint density at radius 1 is 0.857 bits per heavy atom. The quantitative estimate of drug-likeness (QED) is 0.207. The summed E-state index contributed by atoms with van der Waals surface area (Å²) in [4.78, 5) is 37.5.